The first-order chi connectivity index (χ1) is 8.16. The molecule has 1 aromatic rings. The van der Waals surface area contributed by atoms with Crippen LogP contribution in [0.15, 0.2) is 12.1 Å². The molecule has 0 saturated carbocycles. The summed E-state index contributed by atoms with van der Waals surface area (Å²) in [6.07, 6.45) is 2.69. The summed E-state index contributed by atoms with van der Waals surface area (Å²) in [6, 6.07) is 3.61. The lowest BCUT2D eigenvalue weighted by Crippen LogP contribution is -3.10. The SMILES string of the molecule is Cc1cc(Cl)cc(Cl)c1OCC[NH+]1CCCC1. The van der Waals surface area contributed by atoms with Crippen LogP contribution in [0.25, 0.3) is 0 Å². The fraction of sp³-hybridized carbons (Fsp3) is 0.538. The molecule has 0 atom stereocenters. The molecule has 2 rings (SSSR count). The minimum atomic E-state index is 0.603. The van der Waals surface area contributed by atoms with E-state index < -0.39 is 0 Å². The van der Waals surface area contributed by atoms with Gasteiger partial charge in [-0.2, -0.15) is 0 Å². The Morgan fingerprint density at radius 1 is 1.24 bits per heavy atom. The summed E-state index contributed by atoms with van der Waals surface area (Å²) >= 11 is 12.0. The maximum atomic E-state index is 6.11. The molecule has 0 aliphatic carbocycles. The number of quaternary nitrogens is 1. The fourth-order valence-corrected chi connectivity index (χ4v) is 2.94. The van der Waals surface area contributed by atoms with Crippen molar-refractivity contribution in [3.63, 3.8) is 0 Å². The molecule has 2 nitrogen and oxygen atoms in total. The summed E-state index contributed by atoms with van der Waals surface area (Å²) in [4.78, 5) is 1.63. The number of hydrogen-bond donors (Lipinski definition) is 1. The summed E-state index contributed by atoms with van der Waals surface area (Å²) in [5, 5.41) is 1.26. The Morgan fingerprint density at radius 3 is 2.59 bits per heavy atom. The molecule has 0 radical (unpaired) electrons. The van der Waals surface area contributed by atoms with Crippen molar-refractivity contribution in [3.8, 4) is 5.75 Å². The zero-order valence-corrected chi connectivity index (χ0v) is 11.6. The molecule has 1 aliphatic rings. The normalized spacial score (nSPS) is 16.4. The van der Waals surface area contributed by atoms with Crippen molar-refractivity contribution in [1.29, 1.82) is 0 Å². The average Bonchev–Trinajstić information content (AvgIpc) is 2.74. The largest absolute Gasteiger partial charge is 0.486 e. The van der Waals surface area contributed by atoms with Crippen LogP contribution in [0, 0.1) is 6.92 Å². The van der Waals surface area contributed by atoms with E-state index in [-0.39, 0.29) is 0 Å². The second-order valence-electron chi connectivity index (χ2n) is 4.59. The van der Waals surface area contributed by atoms with Gasteiger partial charge in [-0.25, -0.2) is 0 Å². The van der Waals surface area contributed by atoms with Crippen molar-refractivity contribution < 1.29 is 9.64 Å². The van der Waals surface area contributed by atoms with E-state index in [0.29, 0.717) is 10.0 Å². The van der Waals surface area contributed by atoms with E-state index in [4.69, 9.17) is 27.9 Å². The number of hydrogen-bond acceptors (Lipinski definition) is 1. The van der Waals surface area contributed by atoms with Gasteiger partial charge in [-0.3, -0.25) is 0 Å². The first-order valence-corrected chi connectivity index (χ1v) is 6.84. The van der Waals surface area contributed by atoms with Crippen molar-refractivity contribution in [3.05, 3.63) is 27.7 Å². The number of nitrogens with one attached hydrogen (secondary N) is 1. The number of ether oxygens (including phenoxy) is 1. The number of rotatable bonds is 4. The van der Waals surface area contributed by atoms with Gasteiger partial charge in [-0.15, -0.1) is 0 Å². The van der Waals surface area contributed by atoms with Crippen LogP contribution in [-0.4, -0.2) is 26.2 Å². The monoisotopic (exact) mass is 274 g/mol. The van der Waals surface area contributed by atoms with Crippen molar-refractivity contribution in [2.24, 2.45) is 0 Å². The van der Waals surface area contributed by atoms with Crippen LogP contribution in [0.1, 0.15) is 18.4 Å². The van der Waals surface area contributed by atoms with Crippen molar-refractivity contribution in [2.45, 2.75) is 19.8 Å². The third kappa shape index (κ3) is 3.51. The lowest BCUT2D eigenvalue weighted by Gasteiger charge is -2.14. The average molecular weight is 275 g/mol. The van der Waals surface area contributed by atoms with Gasteiger partial charge < -0.3 is 9.64 Å². The van der Waals surface area contributed by atoms with Gasteiger partial charge in [0.05, 0.1) is 18.1 Å². The van der Waals surface area contributed by atoms with Crippen LogP contribution < -0.4 is 9.64 Å². The Balaban J connectivity index is 1.89. The van der Waals surface area contributed by atoms with E-state index in [2.05, 4.69) is 0 Å². The van der Waals surface area contributed by atoms with Crippen molar-refractivity contribution in [2.75, 3.05) is 26.2 Å². The van der Waals surface area contributed by atoms with Gasteiger partial charge >= 0.3 is 0 Å². The molecule has 0 unspecified atom stereocenters. The molecular formula is C13H18Cl2NO+. The lowest BCUT2D eigenvalue weighted by molar-refractivity contribution is -0.887. The molecule has 1 saturated heterocycles. The Morgan fingerprint density at radius 2 is 1.94 bits per heavy atom. The third-order valence-electron chi connectivity index (χ3n) is 3.21. The van der Waals surface area contributed by atoms with Gasteiger partial charge in [-0.1, -0.05) is 23.2 Å². The van der Waals surface area contributed by atoms with Crippen LogP contribution in [0.5, 0.6) is 5.75 Å². The van der Waals surface area contributed by atoms with Gasteiger partial charge in [0.1, 0.15) is 18.9 Å². The maximum Gasteiger partial charge on any atom is 0.141 e. The fourth-order valence-electron chi connectivity index (χ4n) is 2.29. The highest BCUT2D eigenvalue weighted by molar-refractivity contribution is 6.35. The Hall–Kier alpha value is -0.440. The van der Waals surface area contributed by atoms with E-state index in [1.54, 1.807) is 11.0 Å². The Kier molecular flexibility index (Phi) is 4.55. The van der Waals surface area contributed by atoms with Gasteiger partial charge in [0, 0.05) is 17.9 Å². The van der Waals surface area contributed by atoms with Crippen LogP contribution >= 0.6 is 23.2 Å². The molecule has 94 valence electrons. The number of benzene rings is 1. The van der Waals surface area contributed by atoms with Crippen molar-refractivity contribution >= 4 is 23.2 Å². The molecule has 1 aromatic carbocycles. The third-order valence-corrected chi connectivity index (χ3v) is 3.71. The lowest BCUT2D eigenvalue weighted by atomic mass is 10.2. The summed E-state index contributed by atoms with van der Waals surface area (Å²) in [5.41, 5.74) is 0.999. The quantitative estimate of drug-likeness (QED) is 0.890. The highest BCUT2D eigenvalue weighted by Crippen LogP contribution is 2.31. The maximum absolute atomic E-state index is 6.11. The summed E-state index contributed by atoms with van der Waals surface area (Å²) < 4.78 is 5.77. The number of halogens is 2. The molecule has 1 fully saturated rings. The molecule has 1 heterocycles. The highest BCUT2D eigenvalue weighted by atomic mass is 35.5. The zero-order valence-electron chi connectivity index (χ0n) is 10.1. The smallest absolute Gasteiger partial charge is 0.141 e. The summed E-state index contributed by atoms with van der Waals surface area (Å²) in [5.74, 6) is 0.773. The van der Waals surface area contributed by atoms with Crippen LogP contribution in [0.4, 0.5) is 0 Å². The zero-order chi connectivity index (χ0) is 12.3. The van der Waals surface area contributed by atoms with Gasteiger partial charge in [0.2, 0.25) is 0 Å². The van der Waals surface area contributed by atoms with Gasteiger partial charge in [-0.05, 0) is 24.6 Å². The topological polar surface area (TPSA) is 13.7 Å². The van der Waals surface area contributed by atoms with Crippen LogP contribution in [0.3, 0.4) is 0 Å². The highest BCUT2D eigenvalue weighted by Gasteiger charge is 2.15. The summed E-state index contributed by atoms with van der Waals surface area (Å²) in [7, 11) is 0. The van der Waals surface area contributed by atoms with Gasteiger partial charge in [0.15, 0.2) is 0 Å². The Labute approximate surface area is 112 Å². The van der Waals surface area contributed by atoms with E-state index in [9.17, 15) is 0 Å². The molecule has 0 bridgehead atoms. The first-order valence-electron chi connectivity index (χ1n) is 6.09. The number of likely N-dealkylation sites (tertiary alicyclic amines) is 1. The van der Waals surface area contributed by atoms with Gasteiger partial charge in [0.25, 0.3) is 0 Å². The predicted molar refractivity (Wildman–Crippen MR) is 71.5 cm³/mol. The molecule has 1 N–H and O–H groups in total. The minimum Gasteiger partial charge on any atom is -0.486 e. The molecule has 0 amide bonds. The second kappa shape index (κ2) is 5.94. The van der Waals surface area contributed by atoms with Crippen molar-refractivity contribution in [1.82, 2.24) is 0 Å². The number of aryl methyl sites for hydroxylation is 1. The first kappa shape index (κ1) is 13.0. The molecule has 4 heteroatoms. The standard InChI is InChI=1S/C13H17Cl2NO/c1-10-8-11(14)9-12(15)13(10)17-7-6-16-4-2-3-5-16/h8-9H,2-7H2,1H3/p+1. The summed E-state index contributed by atoms with van der Waals surface area (Å²) in [6.45, 7) is 6.29. The van der Waals surface area contributed by atoms with E-state index in [1.165, 1.54) is 25.9 Å². The molecule has 1 aliphatic heterocycles. The Bertz CT molecular complexity index is 366. The van der Waals surface area contributed by atoms with E-state index >= 15 is 0 Å². The predicted octanol–water partition coefficient (Wildman–Crippen LogP) is 2.36. The minimum absolute atomic E-state index is 0.603. The van der Waals surface area contributed by atoms with E-state index in [0.717, 1.165) is 24.5 Å². The molecule has 17 heavy (non-hydrogen) atoms. The van der Waals surface area contributed by atoms with E-state index in [1.807, 2.05) is 13.0 Å². The van der Waals surface area contributed by atoms with Crippen LogP contribution in [-0.2, 0) is 0 Å². The molecule has 0 aromatic heterocycles. The van der Waals surface area contributed by atoms with Crippen LogP contribution in [0.2, 0.25) is 10.0 Å². The molecule has 0 spiro atoms. The second-order valence-corrected chi connectivity index (χ2v) is 5.43. The molecular weight excluding hydrogens is 257 g/mol.